The number of amides is 3. The molecule has 0 aliphatic carbocycles. The Labute approximate surface area is 130 Å². The average molecular weight is 302 g/mol. The normalized spacial score (nSPS) is 16.7. The molecule has 0 bridgehead atoms. The number of fused-ring (bicyclic) bond motifs is 1. The van der Waals surface area contributed by atoms with Crippen molar-refractivity contribution in [3.8, 4) is 0 Å². The summed E-state index contributed by atoms with van der Waals surface area (Å²) in [6.45, 7) is 7.54. The molecule has 0 radical (unpaired) electrons. The van der Waals surface area contributed by atoms with Crippen molar-refractivity contribution in [2.75, 3.05) is 0 Å². The van der Waals surface area contributed by atoms with E-state index >= 15 is 0 Å². The van der Waals surface area contributed by atoms with Gasteiger partial charge in [-0.15, -0.1) is 0 Å². The summed E-state index contributed by atoms with van der Waals surface area (Å²) < 4.78 is 0. The van der Waals surface area contributed by atoms with Gasteiger partial charge >= 0.3 is 0 Å². The standard InChI is InChI=1S/C17H22N2O3/c1-5-11(4)14(15(20)18-10(2)3)19-16(21)12-8-6-7-9-13(12)17(19)22/h6-11,14H,5H2,1-4H3,(H,18,20)/t11-,14-/m0/s1. The van der Waals surface area contributed by atoms with Gasteiger partial charge < -0.3 is 5.32 Å². The summed E-state index contributed by atoms with van der Waals surface area (Å²) in [5.41, 5.74) is 0.747. The van der Waals surface area contributed by atoms with Gasteiger partial charge in [0.15, 0.2) is 0 Å². The van der Waals surface area contributed by atoms with Gasteiger partial charge in [0.1, 0.15) is 6.04 Å². The monoisotopic (exact) mass is 302 g/mol. The lowest BCUT2D eigenvalue weighted by atomic mass is 9.96. The summed E-state index contributed by atoms with van der Waals surface area (Å²) in [6.07, 6.45) is 0.698. The van der Waals surface area contributed by atoms with Crippen LogP contribution in [0, 0.1) is 5.92 Å². The molecule has 2 rings (SSSR count). The number of imide groups is 1. The highest BCUT2D eigenvalue weighted by atomic mass is 16.2. The number of carbonyl (C=O) groups excluding carboxylic acids is 3. The molecule has 0 fully saturated rings. The summed E-state index contributed by atoms with van der Waals surface area (Å²) in [4.78, 5) is 38.8. The highest BCUT2D eigenvalue weighted by Crippen LogP contribution is 2.28. The fourth-order valence-corrected chi connectivity index (χ4v) is 2.68. The maximum atomic E-state index is 12.6. The van der Waals surface area contributed by atoms with Crippen LogP contribution >= 0.6 is 0 Å². The minimum atomic E-state index is -0.778. The van der Waals surface area contributed by atoms with Crippen LogP contribution in [-0.2, 0) is 4.79 Å². The van der Waals surface area contributed by atoms with Gasteiger partial charge in [-0.25, -0.2) is 0 Å². The third-order valence-electron chi connectivity index (χ3n) is 3.99. The lowest BCUT2D eigenvalue weighted by Crippen LogP contribution is -2.53. The first kappa shape index (κ1) is 16.2. The Morgan fingerprint density at radius 2 is 1.59 bits per heavy atom. The van der Waals surface area contributed by atoms with Crippen molar-refractivity contribution < 1.29 is 14.4 Å². The van der Waals surface area contributed by atoms with Crippen LogP contribution in [0.15, 0.2) is 24.3 Å². The molecular weight excluding hydrogens is 280 g/mol. The molecule has 118 valence electrons. The number of rotatable bonds is 5. The zero-order valence-corrected chi connectivity index (χ0v) is 13.4. The first-order valence-electron chi connectivity index (χ1n) is 7.65. The number of nitrogens with one attached hydrogen (secondary N) is 1. The Kier molecular flexibility index (Phi) is 4.64. The summed E-state index contributed by atoms with van der Waals surface area (Å²) in [6, 6.07) is 5.88. The third-order valence-corrected chi connectivity index (χ3v) is 3.99. The second kappa shape index (κ2) is 6.30. The smallest absolute Gasteiger partial charge is 0.262 e. The molecule has 1 aromatic rings. The second-order valence-corrected chi connectivity index (χ2v) is 6.02. The van der Waals surface area contributed by atoms with Crippen molar-refractivity contribution in [2.24, 2.45) is 5.92 Å². The molecule has 0 saturated carbocycles. The van der Waals surface area contributed by atoms with E-state index in [9.17, 15) is 14.4 Å². The fraction of sp³-hybridized carbons (Fsp3) is 0.471. The molecule has 0 unspecified atom stereocenters. The third kappa shape index (κ3) is 2.75. The molecular formula is C17H22N2O3. The van der Waals surface area contributed by atoms with Crippen LogP contribution < -0.4 is 5.32 Å². The van der Waals surface area contributed by atoms with Gasteiger partial charge in [0, 0.05) is 6.04 Å². The zero-order valence-electron chi connectivity index (χ0n) is 13.4. The Hall–Kier alpha value is -2.17. The summed E-state index contributed by atoms with van der Waals surface area (Å²) in [7, 11) is 0. The number of benzene rings is 1. The van der Waals surface area contributed by atoms with Gasteiger partial charge in [-0.1, -0.05) is 32.4 Å². The molecule has 1 aliphatic rings. The Balaban J connectivity index is 2.39. The van der Waals surface area contributed by atoms with Crippen molar-refractivity contribution in [1.82, 2.24) is 10.2 Å². The molecule has 1 N–H and O–H groups in total. The molecule has 0 saturated heterocycles. The maximum absolute atomic E-state index is 12.6. The van der Waals surface area contributed by atoms with Crippen molar-refractivity contribution in [2.45, 2.75) is 46.2 Å². The molecule has 1 aromatic carbocycles. The second-order valence-electron chi connectivity index (χ2n) is 6.02. The number of hydrogen-bond acceptors (Lipinski definition) is 3. The quantitative estimate of drug-likeness (QED) is 0.848. The van der Waals surface area contributed by atoms with Crippen LogP contribution in [0.5, 0.6) is 0 Å². The Morgan fingerprint density at radius 3 is 2.00 bits per heavy atom. The van der Waals surface area contributed by atoms with Crippen molar-refractivity contribution in [1.29, 1.82) is 0 Å². The van der Waals surface area contributed by atoms with E-state index in [0.717, 1.165) is 4.90 Å². The van der Waals surface area contributed by atoms with E-state index in [2.05, 4.69) is 5.32 Å². The Bertz CT molecular complexity index is 575. The van der Waals surface area contributed by atoms with E-state index in [1.807, 2.05) is 27.7 Å². The summed E-state index contributed by atoms with van der Waals surface area (Å²) in [5, 5.41) is 2.82. The highest BCUT2D eigenvalue weighted by Gasteiger charge is 2.44. The maximum Gasteiger partial charge on any atom is 0.262 e. The Morgan fingerprint density at radius 1 is 1.09 bits per heavy atom. The van der Waals surface area contributed by atoms with E-state index in [-0.39, 0.29) is 29.7 Å². The van der Waals surface area contributed by atoms with Gasteiger partial charge in [-0.05, 0) is 31.9 Å². The minimum absolute atomic E-state index is 0.0470. The lowest BCUT2D eigenvalue weighted by molar-refractivity contribution is -0.127. The molecule has 22 heavy (non-hydrogen) atoms. The zero-order chi connectivity index (χ0) is 16.4. The predicted molar refractivity (Wildman–Crippen MR) is 83.5 cm³/mol. The summed E-state index contributed by atoms with van der Waals surface area (Å²) in [5.74, 6) is -1.16. The highest BCUT2D eigenvalue weighted by molar-refractivity contribution is 6.22. The predicted octanol–water partition coefficient (Wildman–Crippen LogP) is 2.22. The van der Waals surface area contributed by atoms with Gasteiger partial charge in [-0.3, -0.25) is 19.3 Å². The van der Waals surface area contributed by atoms with Crippen LogP contribution in [-0.4, -0.2) is 34.7 Å². The fourth-order valence-electron chi connectivity index (χ4n) is 2.68. The van der Waals surface area contributed by atoms with Crippen LogP contribution in [0.3, 0.4) is 0 Å². The molecule has 2 atom stereocenters. The first-order valence-corrected chi connectivity index (χ1v) is 7.65. The largest absolute Gasteiger partial charge is 0.352 e. The molecule has 3 amide bonds. The van der Waals surface area contributed by atoms with Crippen LogP contribution in [0.25, 0.3) is 0 Å². The van der Waals surface area contributed by atoms with Crippen LogP contribution in [0.4, 0.5) is 0 Å². The van der Waals surface area contributed by atoms with E-state index in [0.29, 0.717) is 17.5 Å². The first-order chi connectivity index (χ1) is 10.4. The minimum Gasteiger partial charge on any atom is -0.352 e. The molecule has 0 spiro atoms. The summed E-state index contributed by atoms with van der Waals surface area (Å²) >= 11 is 0. The van der Waals surface area contributed by atoms with Crippen molar-refractivity contribution in [3.63, 3.8) is 0 Å². The van der Waals surface area contributed by atoms with Gasteiger partial charge in [-0.2, -0.15) is 0 Å². The van der Waals surface area contributed by atoms with E-state index < -0.39 is 6.04 Å². The lowest BCUT2D eigenvalue weighted by Gasteiger charge is -2.30. The van der Waals surface area contributed by atoms with E-state index in [1.54, 1.807) is 24.3 Å². The van der Waals surface area contributed by atoms with Crippen molar-refractivity contribution in [3.05, 3.63) is 35.4 Å². The molecule has 1 heterocycles. The van der Waals surface area contributed by atoms with Crippen LogP contribution in [0.2, 0.25) is 0 Å². The van der Waals surface area contributed by atoms with E-state index in [1.165, 1.54) is 0 Å². The van der Waals surface area contributed by atoms with Crippen LogP contribution in [0.1, 0.15) is 54.8 Å². The van der Waals surface area contributed by atoms with Crippen molar-refractivity contribution >= 4 is 17.7 Å². The van der Waals surface area contributed by atoms with Gasteiger partial charge in [0.05, 0.1) is 11.1 Å². The van der Waals surface area contributed by atoms with Gasteiger partial charge in [0.2, 0.25) is 5.91 Å². The SMILES string of the molecule is CC[C@H](C)[C@@H](C(=O)NC(C)C)N1C(=O)c2ccccc2C1=O. The molecule has 0 aromatic heterocycles. The topological polar surface area (TPSA) is 66.5 Å². The average Bonchev–Trinajstić information content (AvgIpc) is 2.72. The van der Waals surface area contributed by atoms with Gasteiger partial charge in [0.25, 0.3) is 11.8 Å². The number of nitrogens with zero attached hydrogens (tertiary/aromatic N) is 1. The van der Waals surface area contributed by atoms with E-state index in [4.69, 9.17) is 0 Å². The molecule has 5 heteroatoms. The molecule has 5 nitrogen and oxygen atoms in total. The molecule has 1 aliphatic heterocycles. The number of hydrogen-bond donors (Lipinski definition) is 1. The number of carbonyl (C=O) groups is 3.